The first kappa shape index (κ1) is 14.3. The van der Waals surface area contributed by atoms with Crippen molar-refractivity contribution in [1.82, 2.24) is 0 Å². The molecular weight excluding hydrogens is 284 g/mol. The molecular formula is C15H14Cl2FN. The molecule has 0 bridgehead atoms. The van der Waals surface area contributed by atoms with E-state index < -0.39 is 5.82 Å². The third-order valence-corrected chi connectivity index (χ3v) is 4.01. The first-order chi connectivity index (χ1) is 9.00. The van der Waals surface area contributed by atoms with Gasteiger partial charge in [0.15, 0.2) is 0 Å². The van der Waals surface area contributed by atoms with Crippen LogP contribution in [0.5, 0.6) is 0 Å². The standard InChI is InChI=1S/C15H14Cl2FN/c1-9-11(5-3-6-12(9)16)14(19)8-10-4-2-7-13(18)15(10)17/h2-7,14H,8,19H2,1H3. The number of rotatable bonds is 3. The second kappa shape index (κ2) is 5.91. The summed E-state index contributed by atoms with van der Waals surface area (Å²) in [5, 5.41) is 0.816. The van der Waals surface area contributed by atoms with Gasteiger partial charge in [0.25, 0.3) is 0 Å². The molecule has 0 heterocycles. The summed E-state index contributed by atoms with van der Waals surface area (Å²) in [6.07, 6.45) is 0.470. The van der Waals surface area contributed by atoms with Gasteiger partial charge in [-0.05, 0) is 42.2 Å². The average Bonchev–Trinajstić information content (AvgIpc) is 2.38. The summed E-state index contributed by atoms with van der Waals surface area (Å²) in [7, 11) is 0. The van der Waals surface area contributed by atoms with Gasteiger partial charge in [-0.2, -0.15) is 0 Å². The molecule has 0 radical (unpaired) electrons. The van der Waals surface area contributed by atoms with E-state index in [1.54, 1.807) is 12.1 Å². The number of halogens is 3. The minimum absolute atomic E-state index is 0.137. The third-order valence-electron chi connectivity index (χ3n) is 3.18. The lowest BCUT2D eigenvalue weighted by atomic mass is 9.96. The van der Waals surface area contributed by atoms with Crippen LogP contribution in [0.25, 0.3) is 0 Å². The van der Waals surface area contributed by atoms with Crippen LogP contribution < -0.4 is 5.73 Å². The molecule has 1 atom stereocenters. The molecule has 19 heavy (non-hydrogen) atoms. The molecule has 2 rings (SSSR count). The molecule has 0 fully saturated rings. The lowest BCUT2D eigenvalue weighted by Crippen LogP contribution is -2.15. The van der Waals surface area contributed by atoms with Gasteiger partial charge in [0.1, 0.15) is 5.82 Å². The molecule has 0 saturated heterocycles. The van der Waals surface area contributed by atoms with E-state index in [4.69, 9.17) is 28.9 Å². The Kier molecular flexibility index (Phi) is 4.46. The Balaban J connectivity index is 2.28. The van der Waals surface area contributed by atoms with Crippen LogP contribution in [0.3, 0.4) is 0 Å². The van der Waals surface area contributed by atoms with Crippen molar-refractivity contribution in [2.24, 2.45) is 5.73 Å². The van der Waals surface area contributed by atoms with E-state index in [0.29, 0.717) is 17.0 Å². The number of hydrogen-bond acceptors (Lipinski definition) is 1. The fourth-order valence-electron chi connectivity index (χ4n) is 2.08. The largest absolute Gasteiger partial charge is 0.324 e. The molecule has 2 N–H and O–H groups in total. The van der Waals surface area contributed by atoms with Crippen LogP contribution in [0.4, 0.5) is 4.39 Å². The van der Waals surface area contributed by atoms with Crippen LogP contribution in [0.15, 0.2) is 36.4 Å². The summed E-state index contributed by atoms with van der Waals surface area (Å²) in [6.45, 7) is 1.92. The Morgan fingerprint density at radius 3 is 2.58 bits per heavy atom. The molecule has 0 spiro atoms. The minimum Gasteiger partial charge on any atom is -0.324 e. The summed E-state index contributed by atoms with van der Waals surface area (Å²) in [5.74, 6) is -0.422. The molecule has 0 aliphatic rings. The van der Waals surface area contributed by atoms with Crippen LogP contribution >= 0.6 is 23.2 Å². The van der Waals surface area contributed by atoms with Crippen molar-refractivity contribution in [3.05, 3.63) is 69.0 Å². The predicted molar refractivity (Wildman–Crippen MR) is 78.2 cm³/mol. The Hall–Kier alpha value is -1.09. The molecule has 1 unspecified atom stereocenters. The van der Waals surface area contributed by atoms with Gasteiger partial charge in [-0.3, -0.25) is 0 Å². The minimum atomic E-state index is -0.422. The van der Waals surface area contributed by atoms with Crippen molar-refractivity contribution in [3.8, 4) is 0 Å². The van der Waals surface area contributed by atoms with Crippen molar-refractivity contribution in [2.75, 3.05) is 0 Å². The number of hydrogen-bond donors (Lipinski definition) is 1. The first-order valence-corrected chi connectivity index (χ1v) is 6.69. The molecule has 0 aliphatic carbocycles. The molecule has 1 nitrogen and oxygen atoms in total. The zero-order valence-corrected chi connectivity index (χ0v) is 12.0. The van der Waals surface area contributed by atoms with E-state index in [1.165, 1.54) is 6.07 Å². The van der Waals surface area contributed by atoms with Crippen molar-refractivity contribution in [2.45, 2.75) is 19.4 Å². The third kappa shape index (κ3) is 3.08. The maximum absolute atomic E-state index is 13.4. The van der Waals surface area contributed by atoms with Gasteiger partial charge in [0.2, 0.25) is 0 Å². The van der Waals surface area contributed by atoms with Crippen molar-refractivity contribution < 1.29 is 4.39 Å². The Morgan fingerprint density at radius 1 is 1.16 bits per heavy atom. The summed E-state index contributed by atoms with van der Waals surface area (Å²) >= 11 is 12.0. The summed E-state index contributed by atoms with van der Waals surface area (Å²) in [5.41, 5.74) is 8.78. The van der Waals surface area contributed by atoms with E-state index in [0.717, 1.165) is 11.1 Å². The van der Waals surface area contributed by atoms with Gasteiger partial charge in [-0.15, -0.1) is 0 Å². The first-order valence-electron chi connectivity index (χ1n) is 5.94. The highest BCUT2D eigenvalue weighted by Crippen LogP contribution is 2.28. The smallest absolute Gasteiger partial charge is 0.142 e. The van der Waals surface area contributed by atoms with Crippen LogP contribution in [-0.4, -0.2) is 0 Å². The maximum atomic E-state index is 13.4. The van der Waals surface area contributed by atoms with Crippen LogP contribution in [-0.2, 0) is 6.42 Å². The van der Waals surface area contributed by atoms with Crippen LogP contribution in [0.2, 0.25) is 10.0 Å². The highest BCUT2D eigenvalue weighted by molar-refractivity contribution is 6.31. The molecule has 2 aromatic carbocycles. The molecule has 0 amide bonds. The maximum Gasteiger partial charge on any atom is 0.142 e. The Labute approximate surface area is 122 Å². The zero-order valence-electron chi connectivity index (χ0n) is 10.5. The van der Waals surface area contributed by atoms with Gasteiger partial charge in [-0.1, -0.05) is 47.5 Å². The monoisotopic (exact) mass is 297 g/mol. The number of benzene rings is 2. The topological polar surface area (TPSA) is 26.0 Å². The van der Waals surface area contributed by atoms with Crippen LogP contribution in [0, 0.1) is 12.7 Å². The molecule has 100 valence electrons. The van der Waals surface area contributed by atoms with Gasteiger partial charge in [-0.25, -0.2) is 4.39 Å². The average molecular weight is 298 g/mol. The molecule has 0 saturated carbocycles. The fraction of sp³-hybridized carbons (Fsp3) is 0.200. The van der Waals surface area contributed by atoms with E-state index in [9.17, 15) is 4.39 Å². The van der Waals surface area contributed by atoms with E-state index in [2.05, 4.69) is 0 Å². The number of nitrogens with two attached hydrogens (primary N) is 1. The van der Waals surface area contributed by atoms with Gasteiger partial charge in [0, 0.05) is 11.1 Å². The van der Waals surface area contributed by atoms with Crippen molar-refractivity contribution in [1.29, 1.82) is 0 Å². The lowest BCUT2D eigenvalue weighted by Gasteiger charge is -2.16. The fourth-order valence-corrected chi connectivity index (χ4v) is 2.46. The Morgan fingerprint density at radius 2 is 1.84 bits per heavy atom. The molecule has 0 aromatic heterocycles. The quantitative estimate of drug-likeness (QED) is 0.874. The van der Waals surface area contributed by atoms with Crippen molar-refractivity contribution >= 4 is 23.2 Å². The normalized spacial score (nSPS) is 12.5. The Bertz CT molecular complexity index is 599. The molecule has 4 heteroatoms. The van der Waals surface area contributed by atoms with Gasteiger partial charge in [0.05, 0.1) is 5.02 Å². The zero-order chi connectivity index (χ0) is 14.0. The summed E-state index contributed by atoms with van der Waals surface area (Å²) in [4.78, 5) is 0. The molecule has 0 aliphatic heterocycles. The molecule has 2 aromatic rings. The SMILES string of the molecule is Cc1c(Cl)cccc1C(N)Cc1cccc(F)c1Cl. The lowest BCUT2D eigenvalue weighted by molar-refractivity contribution is 0.622. The summed E-state index contributed by atoms with van der Waals surface area (Å²) < 4.78 is 13.4. The highest BCUT2D eigenvalue weighted by atomic mass is 35.5. The van der Waals surface area contributed by atoms with E-state index in [-0.39, 0.29) is 11.1 Å². The van der Waals surface area contributed by atoms with E-state index in [1.807, 2.05) is 25.1 Å². The second-order valence-corrected chi connectivity index (χ2v) is 5.26. The van der Waals surface area contributed by atoms with Crippen LogP contribution in [0.1, 0.15) is 22.7 Å². The predicted octanol–water partition coefficient (Wildman–Crippen LogP) is 4.68. The summed E-state index contributed by atoms with van der Waals surface area (Å²) in [6, 6.07) is 10.1. The highest BCUT2D eigenvalue weighted by Gasteiger charge is 2.14. The van der Waals surface area contributed by atoms with Gasteiger partial charge < -0.3 is 5.73 Å². The van der Waals surface area contributed by atoms with E-state index >= 15 is 0 Å². The second-order valence-electron chi connectivity index (χ2n) is 4.48. The van der Waals surface area contributed by atoms with Gasteiger partial charge >= 0.3 is 0 Å². The van der Waals surface area contributed by atoms with Crippen molar-refractivity contribution in [3.63, 3.8) is 0 Å².